The largest absolute Gasteiger partial charge is 0.463 e. The number of halogens is 3. The number of hydrogen-bond acceptors (Lipinski definition) is 2. The number of fused-ring (bicyclic) bond motifs is 1. The maximum atomic E-state index is 12.7. The minimum Gasteiger partial charge on any atom is -0.463 e. The van der Waals surface area contributed by atoms with Crippen molar-refractivity contribution >= 4 is 16.3 Å². The van der Waals surface area contributed by atoms with Gasteiger partial charge < -0.3 is 9.32 Å². The van der Waals surface area contributed by atoms with E-state index in [0.717, 1.165) is 42.6 Å². The average molecular weight is 281 g/mol. The third-order valence-corrected chi connectivity index (χ3v) is 3.63. The number of benzene rings is 1. The SMILES string of the molecule is CN1CC=C(c2occ3cc(C(F)(F)F)ccc23)CC1. The van der Waals surface area contributed by atoms with Crippen LogP contribution in [0.4, 0.5) is 13.2 Å². The fourth-order valence-electron chi connectivity index (χ4n) is 2.45. The first-order valence-corrected chi connectivity index (χ1v) is 6.41. The number of nitrogens with zero attached hydrogens (tertiary/aromatic N) is 1. The highest BCUT2D eigenvalue weighted by atomic mass is 19.4. The van der Waals surface area contributed by atoms with Gasteiger partial charge in [0, 0.05) is 23.9 Å². The van der Waals surface area contributed by atoms with Crippen LogP contribution < -0.4 is 0 Å². The van der Waals surface area contributed by atoms with E-state index in [4.69, 9.17) is 4.42 Å². The molecule has 0 aliphatic carbocycles. The van der Waals surface area contributed by atoms with Crippen molar-refractivity contribution in [2.45, 2.75) is 12.6 Å². The van der Waals surface area contributed by atoms with Gasteiger partial charge in [0.1, 0.15) is 5.76 Å². The van der Waals surface area contributed by atoms with Gasteiger partial charge in [0.05, 0.1) is 11.8 Å². The molecule has 1 aromatic carbocycles. The summed E-state index contributed by atoms with van der Waals surface area (Å²) in [6, 6.07) is 3.74. The molecule has 5 heteroatoms. The Morgan fingerprint density at radius 2 is 2.05 bits per heavy atom. The molecule has 20 heavy (non-hydrogen) atoms. The highest BCUT2D eigenvalue weighted by molar-refractivity contribution is 5.92. The summed E-state index contributed by atoms with van der Waals surface area (Å²) in [5.74, 6) is 0.696. The molecule has 0 bridgehead atoms. The fraction of sp³-hybridized carbons (Fsp3) is 0.333. The van der Waals surface area contributed by atoms with Crippen LogP contribution in [-0.2, 0) is 6.18 Å². The van der Waals surface area contributed by atoms with Crippen molar-refractivity contribution < 1.29 is 17.6 Å². The zero-order chi connectivity index (χ0) is 14.3. The lowest BCUT2D eigenvalue weighted by Gasteiger charge is -2.20. The van der Waals surface area contributed by atoms with E-state index in [2.05, 4.69) is 11.0 Å². The van der Waals surface area contributed by atoms with Crippen molar-refractivity contribution in [3.8, 4) is 0 Å². The molecule has 0 saturated carbocycles. The molecule has 0 N–H and O–H groups in total. The van der Waals surface area contributed by atoms with Crippen molar-refractivity contribution in [1.82, 2.24) is 4.90 Å². The van der Waals surface area contributed by atoms with Gasteiger partial charge in [0.15, 0.2) is 0 Å². The molecule has 2 nitrogen and oxygen atoms in total. The van der Waals surface area contributed by atoms with Crippen LogP contribution in [0, 0.1) is 0 Å². The van der Waals surface area contributed by atoms with Gasteiger partial charge in [-0.3, -0.25) is 0 Å². The van der Waals surface area contributed by atoms with E-state index in [9.17, 15) is 13.2 Å². The van der Waals surface area contributed by atoms with Gasteiger partial charge in [0.25, 0.3) is 0 Å². The standard InChI is InChI=1S/C15H14F3NO/c1-19-6-4-10(5-7-19)14-13-3-2-12(15(16,17)18)8-11(13)9-20-14/h2-4,8-9H,5-7H2,1H3. The zero-order valence-corrected chi connectivity index (χ0v) is 11.0. The average Bonchev–Trinajstić information content (AvgIpc) is 2.81. The molecular weight excluding hydrogens is 267 g/mol. The quantitative estimate of drug-likeness (QED) is 0.780. The lowest BCUT2D eigenvalue weighted by Crippen LogP contribution is -2.23. The molecule has 1 aliphatic heterocycles. The van der Waals surface area contributed by atoms with Crippen LogP contribution in [0.3, 0.4) is 0 Å². The normalized spacial score (nSPS) is 17.5. The summed E-state index contributed by atoms with van der Waals surface area (Å²) in [5, 5.41) is 1.24. The third kappa shape index (κ3) is 2.33. The lowest BCUT2D eigenvalue weighted by molar-refractivity contribution is -0.137. The van der Waals surface area contributed by atoms with Crippen LogP contribution >= 0.6 is 0 Å². The van der Waals surface area contributed by atoms with E-state index in [1.54, 1.807) is 0 Å². The second-order valence-electron chi connectivity index (χ2n) is 5.11. The van der Waals surface area contributed by atoms with E-state index < -0.39 is 11.7 Å². The first-order valence-electron chi connectivity index (χ1n) is 6.41. The molecule has 1 aromatic heterocycles. The van der Waals surface area contributed by atoms with E-state index in [-0.39, 0.29) is 0 Å². The van der Waals surface area contributed by atoms with Gasteiger partial charge >= 0.3 is 6.18 Å². The summed E-state index contributed by atoms with van der Waals surface area (Å²) in [7, 11) is 2.03. The van der Waals surface area contributed by atoms with Gasteiger partial charge in [-0.05, 0) is 37.2 Å². The highest BCUT2D eigenvalue weighted by Crippen LogP contribution is 2.35. The first-order chi connectivity index (χ1) is 9.45. The Bertz CT molecular complexity index is 669. The predicted octanol–water partition coefficient (Wildman–Crippen LogP) is 4.17. The molecule has 0 saturated heterocycles. The Morgan fingerprint density at radius 3 is 2.70 bits per heavy atom. The van der Waals surface area contributed by atoms with Gasteiger partial charge in [-0.1, -0.05) is 6.08 Å². The number of hydrogen-bond donors (Lipinski definition) is 0. The van der Waals surface area contributed by atoms with Gasteiger partial charge in [-0.2, -0.15) is 13.2 Å². The van der Waals surface area contributed by atoms with Crippen molar-refractivity contribution in [2.75, 3.05) is 20.1 Å². The van der Waals surface area contributed by atoms with Crippen molar-refractivity contribution in [2.24, 2.45) is 0 Å². The van der Waals surface area contributed by atoms with Crippen LogP contribution in [-0.4, -0.2) is 25.0 Å². The zero-order valence-electron chi connectivity index (χ0n) is 11.0. The summed E-state index contributed by atoms with van der Waals surface area (Å²) in [6.07, 6.45) is -0.00289. The fourth-order valence-corrected chi connectivity index (χ4v) is 2.45. The number of furan rings is 1. The van der Waals surface area contributed by atoms with Crippen LogP contribution in [0.15, 0.2) is 35.0 Å². The maximum Gasteiger partial charge on any atom is 0.416 e. The minimum atomic E-state index is -4.32. The summed E-state index contributed by atoms with van der Waals surface area (Å²) in [5.41, 5.74) is 0.424. The summed E-state index contributed by atoms with van der Waals surface area (Å²) >= 11 is 0. The van der Waals surface area contributed by atoms with Gasteiger partial charge in [-0.15, -0.1) is 0 Å². The van der Waals surface area contributed by atoms with Crippen LogP contribution in [0.1, 0.15) is 17.7 Å². The van der Waals surface area contributed by atoms with E-state index in [1.807, 2.05) is 7.05 Å². The molecule has 3 rings (SSSR count). The molecule has 0 fully saturated rings. The second-order valence-corrected chi connectivity index (χ2v) is 5.11. The Kier molecular flexibility index (Phi) is 3.09. The topological polar surface area (TPSA) is 16.4 Å². The first kappa shape index (κ1) is 13.2. The molecule has 0 unspecified atom stereocenters. The highest BCUT2D eigenvalue weighted by Gasteiger charge is 2.31. The summed E-state index contributed by atoms with van der Waals surface area (Å²) in [6.45, 7) is 1.76. The molecule has 0 atom stereocenters. The van der Waals surface area contributed by atoms with Crippen molar-refractivity contribution in [1.29, 1.82) is 0 Å². The van der Waals surface area contributed by atoms with Crippen molar-refractivity contribution in [3.05, 3.63) is 41.9 Å². The van der Waals surface area contributed by atoms with E-state index in [0.29, 0.717) is 11.1 Å². The summed E-state index contributed by atoms with van der Waals surface area (Å²) < 4.78 is 43.5. The predicted molar refractivity (Wildman–Crippen MR) is 71.3 cm³/mol. The molecule has 2 aromatic rings. The Morgan fingerprint density at radius 1 is 1.25 bits per heavy atom. The molecule has 106 valence electrons. The molecule has 1 aliphatic rings. The van der Waals surface area contributed by atoms with Gasteiger partial charge in [0.2, 0.25) is 0 Å². The van der Waals surface area contributed by atoms with E-state index in [1.165, 1.54) is 12.3 Å². The van der Waals surface area contributed by atoms with E-state index >= 15 is 0 Å². The lowest BCUT2D eigenvalue weighted by atomic mass is 10.0. The maximum absolute atomic E-state index is 12.7. The molecule has 2 heterocycles. The molecule has 0 amide bonds. The second kappa shape index (κ2) is 4.66. The Labute approximate surface area is 114 Å². The third-order valence-electron chi connectivity index (χ3n) is 3.63. The monoisotopic (exact) mass is 281 g/mol. The van der Waals surface area contributed by atoms with Crippen LogP contribution in [0.2, 0.25) is 0 Å². The number of likely N-dealkylation sites (N-methyl/N-ethyl adjacent to an activating group) is 1. The molecule has 0 spiro atoms. The Hall–Kier alpha value is -1.75. The smallest absolute Gasteiger partial charge is 0.416 e. The molecular formula is C15H14F3NO. The minimum absolute atomic E-state index is 0.495. The number of rotatable bonds is 1. The van der Waals surface area contributed by atoms with Crippen LogP contribution in [0.5, 0.6) is 0 Å². The summed E-state index contributed by atoms with van der Waals surface area (Å²) in [4.78, 5) is 2.18. The van der Waals surface area contributed by atoms with Crippen molar-refractivity contribution in [3.63, 3.8) is 0 Å². The molecule has 0 radical (unpaired) electrons. The number of alkyl halides is 3. The van der Waals surface area contributed by atoms with Gasteiger partial charge in [-0.25, -0.2) is 0 Å². The Balaban J connectivity index is 2.03. The van der Waals surface area contributed by atoms with Crippen LogP contribution in [0.25, 0.3) is 16.3 Å².